The van der Waals surface area contributed by atoms with Crippen molar-refractivity contribution in [1.82, 2.24) is 0 Å². The van der Waals surface area contributed by atoms with Gasteiger partial charge in [-0.05, 0) is 30.9 Å². The SMILES string of the molecule is CC[C@H](OC(C)=O)C(C[C@H](C)N)(c1ccccc1)c1ccccc1. The zero-order valence-electron chi connectivity index (χ0n) is 14.7. The predicted molar refractivity (Wildman–Crippen MR) is 97.8 cm³/mol. The summed E-state index contributed by atoms with van der Waals surface area (Å²) >= 11 is 0. The first kappa shape index (κ1) is 18.2. The van der Waals surface area contributed by atoms with E-state index in [0.29, 0.717) is 6.42 Å². The Morgan fingerprint density at radius 2 is 1.50 bits per heavy atom. The second kappa shape index (κ2) is 8.11. The van der Waals surface area contributed by atoms with Crippen LogP contribution in [0.25, 0.3) is 0 Å². The van der Waals surface area contributed by atoms with Gasteiger partial charge in [0.2, 0.25) is 0 Å². The van der Waals surface area contributed by atoms with Crippen LogP contribution in [-0.4, -0.2) is 18.1 Å². The first-order chi connectivity index (χ1) is 11.5. The summed E-state index contributed by atoms with van der Waals surface area (Å²) in [6.07, 6.45) is 1.15. The molecule has 3 nitrogen and oxygen atoms in total. The van der Waals surface area contributed by atoms with Gasteiger partial charge in [0.25, 0.3) is 0 Å². The van der Waals surface area contributed by atoms with Gasteiger partial charge in [-0.2, -0.15) is 0 Å². The molecule has 2 N–H and O–H groups in total. The molecule has 0 fully saturated rings. The molecule has 0 bridgehead atoms. The zero-order valence-corrected chi connectivity index (χ0v) is 14.7. The van der Waals surface area contributed by atoms with E-state index in [9.17, 15) is 4.79 Å². The van der Waals surface area contributed by atoms with Crippen LogP contribution in [0.15, 0.2) is 60.7 Å². The quantitative estimate of drug-likeness (QED) is 0.781. The molecule has 0 saturated carbocycles. The van der Waals surface area contributed by atoms with Crippen molar-refractivity contribution in [2.45, 2.75) is 51.2 Å². The smallest absolute Gasteiger partial charge is 0.302 e. The highest BCUT2D eigenvalue weighted by atomic mass is 16.5. The van der Waals surface area contributed by atoms with E-state index in [0.717, 1.165) is 17.5 Å². The number of benzene rings is 2. The van der Waals surface area contributed by atoms with E-state index in [1.54, 1.807) is 0 Å². The highest BCUT2D eigenvalue weighted by Crippen LogP contribution is 2.42. The number of carbonyl (C=O) groups is 1. The first-order valence-electron chi connectivity index (χ1n) is 8.54. The van der Waals surface area contributed by atoms with Crippen LogP contribution < -0.4 is 5.73 Å². The molecule has 0 unspecified atom stereocenters. The Bertz CT molecular complexity index is 598. The standard InChI is InChI=1S/C21H27NO2/c1-4-20(24-17(3)23)21(15-16(2)22,18-11-7-5-8-12-18)19-13-9-6-10-14-19/h5-14,16,20H,4,15,22H2,1-3H3/t16-,20-/m0/s1. The number of nitrogens with two attached hydrogens (primary N) is 1. The third-order valence-corrected chi connectivity index (χ3v) is 4.45. The Balaban J connectivity index is 2.70. The van der Waals surface area contributed by atoms with Crippen molar-refractivity contribution in [3.63, 3.8) is 0 Å². The van der Waals surface area contributed by atoms with Crippen LogP contribution in [0.4, 0.5) is 0 Å². The number of esters is 1. The highest BCUT2D eigenvalue weighted by molar-refractivity contribution is 5.66. The Morgan fingerprint density at radius 1 is 1.04 bits per heavy atom. The lowest BCUT2D eigenvalue weighted by Gasteiger charge is -2.42. The first-order valence-corrected chi connectivity index (χ1v) is 8.54. The lowest BCUT2D eigenvalue weighted by Crippen LogP contribution is -2.46. The number of hydrogen-bond acceptors (Lipinski definition) is 3. The van der Waals surface area contributed by atoms with E-state index < -0.39 is 5.41 Å². The molecular formula is C21H27NO2. The van der Waals surface area contributed by atoms with E-state index in [4.69, 9.17) is 10.5 Å². The van der Waals surface area contributed by atoms with Crippen molar-refractivity contribution in [3.8, 4) is 0 Å². The Morgan fingerprint density at radius 3 is 1.83 bits per heavy atom. The molecule has 2 aromatic carbocycles. The number of ether oxygens (including phenoxy) is 1. The summed E-state index contributed by atoms with van der Waals surface area (Å²) in [5, 5.41) is 0. The van der Waals surface area contributed by atoms with Crippen LogP contribution in [0.3, 0.4) is 0 Å². The van der Waals surface area contributed by atoms with E-state index in [1.165, 1.54) is 6.92 Å². The zero-order chi connectivity index (χ0) is 17.6. The van der Waals surface area contributed by atoms with Crippen LogP contribution in [0.2, 0.25) is 0 Å². The fourth-order valence-corrected chi connectivity index (χ4v) is 3.62. The molecule has 3 heteroatoms. The minimum atomic E-state index is -0.461. The molecule has 0 saturated heterocycles. The van der Waals surface area contributed by atoms with Crippen LogP contribution in [0.5, 0.6) is 0 Å². The van der Waals surface area contributed by atoms with Crippen molar-refractivity contribution >= 4 is 5.97 Å². The van der Waals surface area contributed by atoms with Crippen molar-refractivity contribution in [1.29, 1.82) is 0 Å². The molecule has 0 aliphatic heterocycles. The lowest BCUT2D eigenvalue weighted by molar-refractivity contribution is -0.149. The maximum absolute atomic E-state index is 11.8. The topological polar surface area (TPSA) is 52.3 Å². The summed E-state index contributed by atoms with van der Waals surface area (Å²) in [5.74, 6) is -0.261. The van der Waals surface area contributed by atoms with Crippen LogP contribution in [0.1, 0.15) is 44.7 Å². The summed E-state index contributed by atoms with van der Waals surface area (Å²) in [5.41, 5.74) is 8.03. The summed E-state index contributed by atoms with van der Waals surface area (Å²) in [4.78, 5) is 11.8. The monoisotopic (exact) mass is 325 g/mol. The highest BCUT2D eigenvalue weighted by Gasteiger charge is 2.43. The van der Waals surface area contributed by atoms with Crippen LogP contribution >= 0.6 is 0 Å². The van der Waals surface area contributed by atoms with Gasteiger partial charge in [-0.1, -0.05) is 67.6 Å². The van der Waals surface area contributed by atoms with Gasteiger partial charge < -0.3 is 10.5 Å². The van der Waals surface area contributed by atoms with Gasteiger partial charge in [0.1, 0.15) is 6.10 Å². The molecule has 128 valence electrons. The Labute approximate surface area is 144 Å². The molecule has 2 aromatic rings. The number of hydrogen-bond donors (Lipinski definition) is 1. The Hall–Kier alpha value is -2.13. The normalized spacial score (nSPS) is 14.0. The van der Waals surface area contributed by atoms with Crippen LogP contribution in [-0.2, 0) is 14.9 Å². The number of rotatable bonds is 7. The summed E-state index contributed by atoms with van der Waals surface area (Å²) < 4.78 is 5.78. The summed E-state index contributed by atoms with van der Waals surface area (Å²) in [6.45, 7) is 5.52. The largest absolute Gasteiger partial charge is 0.461 e. The van der Waals surface area contributed by atoms with E-state index in [2.05, 4.69) is 31.2 Å². The summed E-state index contributed by atoms with van der Waals surface area (Å²) in [7, 11) is 0. The average Bonchev–Trinajstić information content (AvgIpc) is 2.59. The Kier molecular flexibility index (Phi) is 6.16. The molecule has 0 heterocycles. The van der Waals surface area contributed by atoms with Crippen molar-refractivity contribution in [2.24, 2.45) is 5.73 Å². The van der Waals surface area contributed by atoms with E-state index in [1.807, 2.05) is 43.3 Å². The maximum atomic E-state index is 11.8. The fourth-order valence-electron chi connectivity index (χ4n) is 3.62. The minimum absolute atomic E-state index is 0.0324. The third-order valence-electron chi connectivity index (χ3n) is 4.45. The van der Waals surface area contributed by atoms with Gasteiger partial charge in [-0.25, -0.2) is 0 Å². The second-order valence-corrected chi connectivity index (χ2v) is 6.39. The summed E-state index contributed by atoms with van der Waals surface area (Å²) in [6, 6.07) is 20.4. The fraction of sp³-hybridized carbons (Fsp3) is 0.381. The molecule has 0 aromatic heterocycles. The van der Waals surface area contributed by atoms with Gasteiger partial charge in [0, 0.05) is 13.0 Å². The average molecular weight is 325 g/mol. The minimum Gasteiger partial charge on any atom is -0.461 e. The van der Waals surface area contributed by atoms with E-state index >= 15 is 0 Å². The molecule has 2 atom stereocenters. The van der Waals surface area contributed by atoms with Crippen molar-refractivity contribution in [2.75, 3.05) is 0 Å². The molecule has 0 amide bonds. The van der Waals surface area contributed by atoms with Gasteiger partial charge in [0.15, 0.2) is 0 Å². The van der Waals surface area contributed by atoms with Gasteiger partial charge in [0.05, 0.1) is 5.41 Å². The molecule has 0 aliphatic carbocycles. The van der Waals surface area contributed by atoms with Gasteiger partial charge >= 0.3 is 5.97 Å². The third kappa shape index (κ3) is 3.85. The number of carbonyl (C=O) groups excluding carboxylic acids is 1. The lowest BCUT2D eigenvalue weighted by atomic mass is 9.66. The maximum Gasteiger partial charge on any atom is 0.302 e. The van der Waals surface area contributed by atoms with Crippen molar-refractivity contribution in [3.05, 3.63) is 71.8 Å². The van der Waals surface area contributed by atoms with Gasteiger partial charge in [-0.3, -0.25) is 4.79 Å². The van der Waals surface area contributed by atoms with E-state index in [-0.39, 0.29) is 18.1 Å². The molecule has 0 spiro atoms. The molecule has 24 heavy (non-hydrogen) atoms. The molecular weight excluding hydrogens is 298 g/mol. The second-order valence-electron chi connectivity index (χ2n) is 6.39. The molecule has 0 radical (unpaired) electrons. The van der Waals surface area contributed by atoms with Gasteiger partial charge in [-0.15, -0.1) is 0 Å². The van der Waals surface area contributed by atoms with Crippen LogP contribution in [0, 0.1) is 0 Å². The molecule has 0 aliphatic rings. The predicted octanol–water partition coefficient (Wildman–Crippen LogP) is 4.05. The van der Waals surface area contributed by atoms with Crippen molar-refractivity contribution < 1.29 is 9.53 Å². The molecule has 2 rings (SSSR count).